The van der Waals surface area contributed by atoms with Crippen molar-refractivity contribution in [2.75, 3.05) is 4.72 Å². The van der Waals surface area contributed by atoms with Crippen LogP contribution in [0.25, 0.3) is 16.5 Å². The quantitative estimate of drug-likeness (QED) is 0.593. The van der Waals surface area contributed by atoms with Crippen molar-refractivity contribution in [3.63, 3.8) is 0 Å². The second-order valence-electron chi connectivity index (χ2n) is 6.00. The predicted molar refractivity (Wildman–Crippen MR) is 103 cm³/mol. The number of fused-ring (bicyclic) bond motifs is 1. The van der Waals surface area contributed by atoms with E-state index in [0.29, 0.717) is 11.2 Å². The van der Waals surface area contributed by atoms with E-state index in [2.05, 4.69) is 9.82 Å². The fourth-order valence-electron chi connectivity index (χ4n) is 2.98. The number of rotatable bonds is 4. The zero-order chi connectivity index (χ0) is 18.1. The smallest absolute Gasteiger partial charge is 0.262 e. The molecule has 0 saturated heterocycles. The minimum absolute atomic E-state index is 0.238. The van der Waals surface area contributed by atoms with Gasteiger partial charge in [0.15, 0.2) is 5.82 Å². The summed E-state index contributed by atoms with van der Waals surface area (Å²) in [6, 6.07) is 24.0. The van der Waals surface area contributed by atoms with Crippen molar-refractivity contribution in [2.45, 2.75) is 11.8 Å². The van der Waals surface area contributed by atoms with Crippen molar-refractivity contribution in [3.05, 3.63) is 84.6 Å². The molecule has 4 rings (SSSR count). The molecule has 0 fully saturated rings. The lowest BCUT2D eigenvalue weighted by molar-refractivity contribution is 0.601. The van der Waals surface area contributed by atoms with Gasteiger partial charge in [0.1, 0.15) is 0 Å². The standard InChI is InChI=1S/C20H17N3O2S/c1-15-14-20(21-23(15)17-10-3-2-4-11-17)22-26(24,25)19-13-7-9-16-8-5-6-12-18(16)19/h2-14H,1H3,(H,21,22). The van der Waals surface area contributed by atoms with E-state index in [4.69, 9.17) is 0 Å². The number of hydrogen-bond donors (Lipinski definition) is 1. The Morgan fingerprint density at radius 2 is 1.58 bits per heavy atom. The summed E-state index contributed by atoms with van der Waals surface area (Å²) in [6.07, 6.45) is 0. The Bertz CT molecular complexity index is 1180. The summed E-state index contributed by atoms with van der Waals surface area (Å²) in [5.41, 5.74) is 1.72. The Balaban J connectivity index is 1.73. The van der Waals surface area contributed by atoms with E-state index in [9.17, 15) is 8.42 Å². The number of nitrogens with one attached hydrogen (secondary N) is 1. The predicted octanol–water partition coefficient (Wildman–Crippen LogP) is 4.13. The molecule has 3 aromatic carbocycles. The largest absolute Gasteiger partial charge is 0.263 e. The summed E-state index contributed by atoms with van der Waals surface area (Å²) < 4.78 is 30.1. The third-order valence-corrected chi connectivity index (χ3v) is 5.58. The lowest BCUT2D eigenvalue weighted by atomic mass is 10.1. The minimum Gasteiger partial charge on any atom is -0.262 e. The first-order chi connectivity index (χ1) is 12.5. The van der Waals surface area contributed by atoms with E-state index in [-0.39, 0.29) is 4.90 Å². The number of anilines is 1. The summed E-state index contributed by atoms with van der Waals surface area (Å²) in [5.74, 6) is 0.291. The number of aryl methyl sites for hydroxylation is 1. The van der Waals surface area contributed by atoms with Crippen LogP contribution in [-0.4, -0.2) is 18.2 Å². The van der Waals surface area contributed by atoms with E-state index < -0.39 is 10.0 Å². The summed E-state index contributed by atoms with van der Waals surface area (Å²) in [4.78, 5) is 0.238. The van der Waals surface area contributed by atoms with Crippen LogP contribution < -0.4 is 4.72 Å². The number of hydrogen-bond acceptors (Lipinski definition) is 3. The first kappa shape index (κ1) is 16.4. The molecule has 0 amide bonds. The topological polar surface area (TPSA) is 64.0 Å². The Labute approximate surface area is 152 Å². The van der Waals surface area contributed by atoms with Gasteiger partial charge < -0.3 is 0 Å². The molecule has 1 aromatic heterocycles. The molecule has 0 atom stereocenters. The van der Waals surface area contributed by atoms with Crippen molar-refractivity contribution >= 4 is 26.6 Å². The molecule has 0 unspecified atom stereocenters. The van der Waals surface area contributed by atoms with Gasteiger partial charge in [-0.05, 0) is 30.5 Å². The Morgan fingerprint density at radius 3 is 2.38 bits per heavy atom. The molecule has 130 valence electrons. The average Bonchev–Trinajstić information content (AvgIpc) is 3.01. The van der Waals surface area contributed by atoms with Crippen LogP contribution in [0.5, 0.6) is 0 Å². The molecule has 0 bridgehead atoms. The van der Waals surface area contributed by atoms with Crippen LogP contribution >= 0.6 is 0 Å². The van der Waals surface area contributed by atoms with Gasteiger partial charge in [-0.25, -0.2) is 13.1 Å². The summed E-state index contributed by atoms with van der Waals surface area (Å²) in [6.45, 7) is 1.88. The monoisotopic (exact) mass is 363 g/mol. The number of para-hydroxylation sites is 1. The van der Waals surface area contributed by atoms with E-state index in [1.165, 1.54) is 0 Å². The molecule has 1 N–H and O–H groups in total. The first-order valence-corrected chi connectivity index (χ1v) is 9.65. The molecular weight excluding hydrogens is 346 g/mol. The van der Waals surface area contributed by atoms with Gasteiger partial charge in [-0.1, -0.05) is 54.6 Å². The van der Waals surface area contributed by atoms with Crippen LogP contribution in [-0.2, 0) is 10.0 Å². The number of benzene rings is 3. The average molecular weight is 363 g/mol. The van der Waals surface area contributed by atoms with E-state index in [1.54, 1.807) is 28.9 Å². The lowest BCUT2D eigenvalue weighted by Gasteiger charge is -2.08. The van der Waals surface area contributed by atoms with Gasteiger partial charge in [0.25, 0.3) is 10.0 Å². The highest BCUT2D eigenvalue weighted by molar-refractivity contribution is 7.93. The first-order valence-electron chi connectivity index (χ1n) is 8.17. The van der Waals surface area contributed by atoms with Crippen molar-refractivity contribution in [1.29, 1.82) is 0 Å². The fourth-order valence-corrected chi connectivity index (χ4v) is 4.20. The molecule has 0 aliphatic rings. The van der Waals surface area contributed by atoms with Gasteiger partial charge in [-0.3, -0.25) is 4.72 Å². The van der Waals surface area contributed by atoms with Crippen LogP contribution in [0.2, 0.25) is 0 Å². The molecule has 6 heteroatoms. The molecule has 0 radical (unpaired) electrons. The van der Waals surface area contributed by atoms with Gasteiger partial charge in [0.05, 0.1) is 10.6 Å². The maximum absolute atomic E-state index is 12.9. The minimum atomic E-state index is -3.75. The van der Waals surface area contributed by atoms with E-state index in [0.717, 1.165) is 16.8 Å². The summed E-state index contributed by atoms with van der Waals surface area (Å²) >= 11 is 0. The number of sulfonamides is 1. The molecule has 0 aliphatic heterocycles. The fraction of sp³-hybridized carbons (Fsp3) is 0.0500. The number of nitrogens with zero attached hydrogens (tertiary/aromatic N) is 2. The van der Waals surface area contributed by atoms with Gasteiger partial charge in [-0.15, -0.1) is 5.10 Å². The van der Waals surface area contributed by atoms with Gasteiger partial charge in [0.2, 0.25) is 0 Å². The Hall–Kier alpha value is -3.12. The third kappa shape index (κ3) is 2.95. The highest BCUT2D eigenvalue weighted by Gasteiger charge is 2.19. The Kier molecular flexibility index (Phi) is 3.97. The third-order valence-electron chi connectivity index (χ3n) is 4.17. The molecule has 1 heterocycles. The SMILES string of the molecule is Cc1cc(NS(=O)(=O)c2cccc3ccccc23)nn1-c1ccccc1. The maximum atomic E-state index is 12.9. The molecule has 0 aliphatic carbocycles. The van der Waals surface area contributed by atoms with Crippen LogP contribution in [0.15, 0.2) is 83.8 Å². The van der Waals surface area contributed by atoms with Crippen molar-refractivity contribution < 1.29 is 8.42 Å². The second-order valence-corrected chi connectivity index (χ2v) is 7.65. The van der Waals surface area contributed by atoms with Gasteiger partial charge in [-0.2, -0.15) is 0 Å². The normalized spacial score (nSPS) is 11.6. The molecule has 0 spiro atoms. The molecular formula is C20H17N3O2S. The zero-order valence-electron chi connectivity index (χ0n) is 14.1. The highest BCUT2D eigenvalue weighted by atomic mass is 32.2. The second kappa shape index (κ2) is 6.31. The van der Waals surface area contributed by atoms with Crippen molar-refractivity contribution in [2.24, 2.45) is 0 Å². The lowest BCUT2D eigenvalue weighted by Crippen LogP contribution is -2.14. The van der Waals surface area contributed by atoms with Crippen LogP contribution in [0.1, 0.15) is 5.69 Å². The van der Waals surface area contributed by atoms with Crippen LogP contribution in [0.3, 0.4) is 0 Å². The van der Waals surface area contributed by atoms with E-state index >= 15 is 0 Å². The van der Waals surface area contributed by atoms with Crippen molar-refractivity contribution in [1.82, 2.24) is 9.78 Å². The van der Waals surface area contributed by atoms with Crippen LogP contribution in [0, 0.1) is 6.92 Å². The summed E-state index contributed by atoms with van der Waals surface area (Å²) in [7, 11) is -3.75. The van der Waals surface area contributed by atoms with Gasteiger partial charge in [0, 0.05) is 17.1 Å². The molecule has 26 heavy (non-hydrogen) atoms. The zero-order valence-corrected chi connectivity index (χ0v) is 14.9. The summed E-state index contributed by atoms with van der Waals surface area (Å²) in [5, 5.41) is 5.96. The molecule has 0 saturated carbocycles. The molecule has 4 aromatic rings. The Morgan fingerprint density at radius 1 is 0.885 bits per heavy atom. The van der Waals surface area contributed by atoms with Crippen molar-refractivity contribution in [3.8, 4) is 5.69 Å². The molecule has 5 nitrogen and oxygen atoms in total. The number of aromatic nitrogens is 2. The van der Waals surface area contributed by atoms with Crippen LogP contribution in [0.4, 0.5) is 5.82 Å². The van der Waals surface area contributed by atoms with Gasteiger partial charge >= 0.3 is 0 Å². The maximum Gasteiger partial charge on any atom is 0.263 e. The van der Waals surface area contributed by atoms with E-state index in [1.807, 2.05) is 61.5 Å². The highest BCUT2D eigenvalue weighted by Crippen LogP contribution is 2.25.